The van der Waals surface area contributed by atoms with Crippen molar-refractivity contribution in [3.05, 3.63) is 35.4 Å². The maximum atomic E-state index is 11.1. The summed E-state index contributed by atoms with van der Waals surface area (Å²) in [6.45, 7) is -0.0393. The smallest absolute Gasteiger partial charge is 0.265 e. The lowest BCUT2D eigenvalue weighted by atomic mass is 10.1. The van der Waals surface area contributed by atoms with Gasteiger partial charge >= 0.3 is 0 Å². The number of carbonyl (C=O) groups is 2. The van der Waals surface area contributed by atoms with Gasteiger partial charge in [-0.2, -0.15) is 0 Å². The number of ketones is 1. The van der Waals surface area contributed by atoms with E-state index in [9.17, 15) is 9.59 Å². The van der Waals surface area contributed by atoms with Crippen LogP contribution in [0.5, 0.6) is 0 Å². The molecule has 0 saturated carbocycles. The fourth-order valence-electron chi connectivity index (χ4n) is 1.01. The lowest BCUT2D eigenvalue weighted by Crippen LogP contribution is -2.29. The number of benzene rings is 1. The van der Waals surface area contributed by atoms with Crippen molar-refractivity contribution in [1.29, 1.82) is 0 Å². The highest BCUT2D eigenvalue weighted by atomic mass is 16.2. The van der Waals surface area contributed by atoms with Gasteiger partial charge in [-0.05, 0) is 12.1 Å². The molecular formula is C9H11N3O2. The van der Waals surface area contributed by atoms with Crippen LogP contribution in [0, 0.1) is 0 Å². The van der Waals surface area contributed by atoms with Crippen molar-refractivity contribution in [3.8, 4) is 0 Å². The highest BCUT2D eigenvalue weighted by Gasteiger charge is 2.05. The summed E-state index contributed by atoms with van der Waals surface area (Å²) in [6.07, 6.45) is 0. The normalized spacial score (nSPS) is 9.57. The van der Waals surface area contributed by atoms with Crippen molar-refractivity contribution in [2.75, 3.05) is 6.54 Å². The van der Waals surface area contributed by atoms with Crippen molar-refractivity contribution < 1.29 is 9.59 Å². The van der Waals surface area contributed by atoms with E-state index in [-0.39, 0.29) is 12.3 Å². The summed E-state index contributed by atoms with van der Waals surface area (Å²) in [6, 6.07) is 6.12. The summed E-state index contributed by atoms with van der Waals surface area (Å²) in [5, 5.41) is 0. The first-order chi connectivity index (χ1) is 6.69. The Kier molecular flexibility index (Phi) is 3.33. The Balaban J connectivity index is 2.89. The second kappa shape index (κ2) is 4.50. The van der Waals surface area contributed by atoms with Crippen LogP contribution >= 0.6 is 0 Å². The lowest BCUT2D eigenvalue weighted by molar-refractivity contribution is 0.0951. The zero-order valence-corrected chi connectivity index (χ0v) is 7.49. The van der Waals surface area contributed by atoms with Crippen molar-refractivity contribution in [1.82, 2.24) is 5.43 Å². The first-order valence-corrected chi connectivity index (χ1v) is 4.03. The monoisotopic (exact) mass is 193 g/mol. The number of nitrogens with one attached hydrogen (secondary N) is 1. The van der Waals surface area contributed by atoms with Crippen LogP contribution in [0.15, 0.2) is 24.3 Å². The summed E-state index contributed by atoms with van der Waals surface area (Å²) in [7, 11) is 0. The maximum absolute atomic E-state index is 11.1. The summed E-state index contributed by atoms with van der Waals surface area (Å²) in [5.74, 6) is 4.39. The number of nitrogens with two attached hydrogens (primary N) is 2. The van der Waals surface area contributed by atoms with E-state index in [2.05, 4.69) is 0 Å². The Morgan fingerprint density at radius 3 is 2.07 bits per heavy atom. The van der Waals surface area contributed by atoms with Crippen LogP contribution in [0.1, 0.15) is 20.7 Å². The highest BCUT2D eigenvalue weighted by molar-refractivity contribution is 5.99. The number of nitrogen functional groups attached to an aromatic ring is 1. The van der Waals surface area contributed by atoms with E-state index in [4.69, 9.17) is 11.6 Å². The van der Waals surface area contributed by atoms with Gasteiger partial charge in [0.15, 0.2) is 5.78 Å². The second-order valence-corrected chi connectivity index (χ2v) is 2.68. The van der Waals surface area contributed by atoms with Gasteiger partial charge in [0.05, 0.1) is 6.54 Å². The van der Waals surface area contributed by atoms with Crippen molar-refractivity contribution in [2.45, 2.75) is 0 Å². The van der Waals surface area contributed by atoms with E-state index >= 15 is 0 Å². The van der Waals surface area contributed by atoms with E-state index < -0.39 is 5.91 Å². The fourth-order valence-corrected chi connectivity index (χ4v) is 1.01. The summed E-state index contributed by atoms with van der Waals surface area (Å²) in [4.78, 5) is 22.1. The molecular weight excluding hydrogens is 182 g/mol. The van der Waals surface area contributed by atoms with Crippen molar-refractivity contribution in [3.63, 3.8) is 0 Å². The Labute approximate surface area is 81.0 Å². The molecule has 1 rings (SSSR count). The predicted molar refractivity (Wildman–Crippen MR) is 51.5 cm³/mol. The molecule has 5 N–H and O–H groups in total. The quantitative estimate of drug-likeness (QED) is 0.259. The minimum absolute atomic E-state index is 0.0393. The van der Waals surface area contributed by atoms with Gasteiger partial charge in [-0.1, -0.05) is 12.1 Å². The molecule has 0 spiro atoms. The van der Waals surface area contributed by atoms with E-state index in [1.807, 2.05) is 5.43 Å². The molecule has 0 aromatic heterocycles. The van der Waals surface area contributed by atoms with Gasteiger partial charge in [-0.3, -0.25) is 15.0 Å². The van der Waals surface area contributed by atoms with Gasteiger partial charge < -0.3 is 5.73 Å². The van der Waals surface area contributed by atoms with E-state index in [0.29, 0.717) is 11.1 Å². The minimum atomic E-state index is -0.392. The lowest BCUT2D eigenvalue weighted by Gasteiger charge is -2.00. The van der Waals surface area contributed by atoms with Crippen LogP contribution < -0.4 is 17.0 Å². The Morgan fingerprint density at radius 1 is 1.14 bits per heavy atom. The Bertz CT molecular complexity index is 311. The van der Waals surface area contributed by atoms with Gasteiger partial charge in [-0.15, -0.1) is 0 Å². The Morgan fingerprint density at radius 2 is 1.64 bits per heavy atom. The maximum Gasteiger partial charge on any atom is 0.265 e. The Hall–Kier alpha value is -1.72. The molecule has 0 aliphatic heterocycles. The summed E-state index contributed by atoms with van der Waals surface area (Å²) < 4.78 is 0. The molecule has 1 aromatic rings. The molecule has 1 amide bonds. The molecule has 0 aliphatic carbocycles. The molecule has 0 fully saturated rings. The number of carbonyl (C=O) groups excluding carboxylic acids is 2. The fraction of sp³-hybridized carbons (Fsp3) is 0.111. The van der Waals surface area contributed by atoms with Crippen LogP contribution in [-0.2, 0) is 0 Å². The first-order valence-electron chi connectivity index (χ1n) is 4.03. The number of amides is 1. The first kappa shape index (κ1) is 10.4. The van der Waals surface area contributed by atoms with Crippen molar-refractivity contribution >= 4 is 11.7 Å². The topological polar surface area (TPSA) is 98.2 Å². The summed E-state index contributed by atoms with van der Waals surface area (Å²) >= 11 is 0. The van der Waals surface area contributed by atoms with Crippen LogP contribution in [0.2, 0.25) is 0 Å². The van der Waals surface area contributed by atoms with Crippen LogP contribution in [-0.4, -0.2) is 18.2 Å². The average molecular weight is 193 g/mol. The van der Waals surface area contributed by atoms with E-state index in [1.165, 1.54) is 12.1 Å². The number of Topliss-reactive ketones (excluding diaryl/α,β-unsaturated/α-hetero) is 1. The molecule has 74 valence electrons. The number of hydrazine groups is 1. The second-order valence-electron chi connectivity index (χ2n) is 2.68. The molecule has 14 heavy (non-hydrogen) atoms. The molecule has 0 bridgehead atoms. The number of hydrogen-bond acceptors (Lipinski definition) is 4. The third kappa shape index (κ3) is 2.15. The third-order valence-electron chi connectivity index (χ3n) is 1.79. The third-order valence-corrected chi connectivity index (χ3v) is 1.79. The zero-order chi connectivity index (χ0) is 10.6. The molecule has 0 unspecified atom stereocenters. The van der Waals surface area contributed by atoms with Gasteiger partial charge in [-0.25, -0.2) is 5.84 Å². The highest BCUT2D eigenvalue weighted by Crippen LogP contribution is 2.04. The molecule has 0 atom stereocenters. The molecule has 0 saturated heterocycles. The molecule has 0 aliphatic rings. The molecule has 0 radical (unpaired) electrons. The van der Waals surface area contributed by atoms with Crippen LogP contribution in [0.25, 0.3) is 0 Å². The predicted octanol–water partition coefficient (Wildman–Crippen LogP) is -0.568. The molecule has 1 aromatic carbocycles. The van der Waals surface area contributed by atoms with E-state index in [0.717, 1.165) is 0 Å². The zero-order valence-electron chi connectivity index (χ0n) is 7.49. The van der Waals surface area contributed by atoms with Crippen LogP contribution in [0.4, 0.5) is 0 Å². The number of hydrogen-bond donors (Lipinski definition) is 3. The number of rotatable bonds is 3. The van der Waals surface area contributed by atoms with Gasteiger partial charge in [0.2, 0.25) is 0 Å². The van der Waals surface area contributed by atoms with Gasteiger partial charge in [0.25, 0.3) is 5.91 Å². The molecule has 0 heterocycles. The minimum Gasteiger partial charge on any atom is -0.324 e. The summed E-state index contributed by atoms with van der Waals surface area (Å²) in [5.41, 5.74) is 8.07. The van der Waals surface area contributed by atoms with Gasteiger partial charge in [0.1, 0.15) is 0 Å². The van der Waals surface area contributed by atoms with Crippen LogP contribution in [0.3, 0.4) is 0 Å². The SMILES string of the molecule is NCC(=O)c1ccc(C(=O)NN)cc1. The molecule has 5 nitrogen and oxygen atoms in total. The standard InChI is InChI=1S/C9H11N3O2/c10-5-8(13)6-1-3-7(4-2-6)9(14)12-11/h1-4H,5,10-11H2,(H,12,14). The molecule has 5 heteroatoms. The van der Waals surface area contributed by atoms with Crippen molar-refractivity contribution in [2.24, 2.45) is 11.6 Å². The van der Waals surface area contributed by atoms with E-state index in [1.54, 1.807) is 12.1 Å². The largest absolute Gasteiger partial charge is 0.324 e. The van der Waals surface area contributed by atoms with Gasteiger partial charge in [0, 0.05) is 11.1 Å². The average Bonchev–Trinajstić information content (AvgIpc) is 2.27.